The Kier molecular flexibility index (Phi) is 8.23. The number of aryl methyl sites for hydroxylation is 2. The van der Waals surface area contributed by atoms with Crippen molar-refractivity contribution in [2.75, 3.05) is 18.2 Å². The second-order valence-corrected chi connectivity index (χ2v) is 10.3. The number of aromatic amines is 1. The highest BCUT2D eigenvalue weighted by Gasteiger charge is 2.29. The molecule has 1 aliphatic rings. The van der Waals surface area contributed by atoms with E-state index >= 15 is 0 Å². The summed E-state index contributed by atoms with van der Waals surface area (Å²) in [5, 5.41) is 7.77. The number of carbonyl (C=O) groups is 1. The van der Waals surface area contributed by atoms with Crippen LogP contribution in [0.15, 0.2) is 39.0 Å². The normalized spacial score (nSPS) is 14.7. The lowest BCUT2D eigenvalue weighted by Gasteiger charge is -2.16. The lowest BCUT2D eigenvalue weighted by atomic mass is 10.1. The second-order valence-electron chi connectivity index (χ2n) is 8.80. The molecule has 0 bridgehead atoms. The van der Waals surface area contributed by atoms with E-state index in [2.05, 4.69) is 27.3 Å². The molecule has 1 unspecified atom stereocenters. The number of benzene rings is 1. The van der Waals surface area contributed by atoms with Gasteiger partial charge in [-0.25, -0.2) is 19.2 Å². The van der Waals surface area contributed by atoms with Gasteiger partial charge in [-0.3, -0.25) is 14.3 Å². The minimum atomic E-state index is -0.549. The number of esters is 1. The van der Waals surface area contributed by atoms with Gasteiger partial charge in [0, 0.05) is 42.1 Å². The Morgan fingerprint density at radius 2 is 2.11 bits per heavy atom. The summed E-state index contributed by atoms with van der Waals surface area (Å²) in [6.45, 7) is 6.29. The molecular weight excluding hydrogens is 516 g/mol. The molecule has 2 N–H and O–H groups in total. The van der Waals surface area contributed by atoms with Crippen molar-refractivity contribution in [3.05, 3.63) is 73.4 Å². The van der Waals surface area contributed by atoms with Crippen LogP contribution in [0.2, 0.25) is 0 Å². The van der Waals surface area contributed by atoms with Gasteiger partial charge in [-0.15, -0.1) is 0 Å². The predicted octanol–water partition coefficient (Wildman–Crippen LogP) is 3.98. The number of hydrogen-bond donors (Lipinski definition) is 2. The van der Waals surface area contributed by atoms with Crippen LogP contribution < -0.4 is 16.6 Å². The maximum atomic E-state index is 12.7. The van der Waals surface area contributed by atoms with Crippen molar-refractivity contribution >= 4 is 46.0 Å². The number of nitrogens with one attached hydrogen (secondary N) is 2. The maximum Gasteiger partial charge on any atom is 0.358 e. The largest absolute Gasteiger partial charge is 0.464 e. The smallest absolute Gasteiger partial charge is 0.358 e. The van der Waals surface area contributed by atoms with Crippen LogP contribution in [-0.4, -0.2) is 43.2 Å². The number of aromatic nitrogens is 4. The fourth-order valence-electron chi connectivity index (χ4n) is 4.20. The zero-order valence-corrected chi connectivity index (χ0v) is 22.7. The van der Waals surface area contributed by atoms with Crippen LogP contribution in [0.5, 0.6) is 0 Å². The number of hydrogen-bond acceptors (Lipinski definition) is 8. The van der Waals surface area contributed by atoms with Crippen LogP contribution in [0.3, 0.4) is 0 Å². The molecule has 2 aromatic heterocycles. The van der Waals surface area contributed by atoms with Crippen LogP contribution in [0, 0.1) is 6.92 Å². The van der Waals surface area contributed by atoms with Crippen molar-refractivity contribution in [2.45, 2.75) is 51.8 Å². The number of imidazole rings is 1. The van der Waals surface area contributed by atoms with Crippen molar-refractivity contribution < 1.29 is 9.53 Å². The molecule has 0 saturated heterocycles. The van der Waals surface area contributed by atoms with Gasteiger partial charge < -0.3 is 10.1 Å². The Bertz CT molecular complexity index is 1440. The summed E-state index contributed by atoms with van der Waals surface area (Å²) < 4.78 is 7.54. The molecule has 1 aromatic carbocycles. The minimum Gasteiger partial charge on any atom is -0.464 e. The number of methoxy groups -OCH3 is 1. The van der Waals surface area contributed by atoms with Crippen molar-refractivity contribution in [1.29, 1.82) is 0 Å². The van der Waals surface area contributed by atoms with Crippen LogP contribution in [-0.2, 0) is 23.5 Å². The third-order valence-electron chi connectivity index (χ3n) is 6.18. The van der Waals surface area contributed by atoms with E-state index < -0.39 is 17.2 Å². The number of thioether (sulfide) groups is 1. The average Bonchev–Trinajstić information content (AvgIpc) is 3.22. The topological polar surface area (TPSA) is 123 Å². The van der Waals surface area contributed by atoms with Gasteiger partial charge in [0.15, 0.2) is 5.69 Å². The van der Waals surface area contributed by atoms with Crippen LogP contribution in [0.1, 0.15) is 59.3 Å². The monoisotopic (exact) mass is 544 g/mol. The lowest BCUT2D eigenvalue weighted by molar-refractivity contribution is 0.0588. The summed E-state index contributed by atoms with van der Waals surface area (Å²) in [5.74, 6) is 1.27. The highest BCUT2D eigenvalue weighted by Crippen LogP contribution is 2.29. The van der Waals surface area contributed by atoms with E-state index in [1.807, 2.05) is 32.0 Å². The van der Waals surface area contributed by atoms with Gasteiger partial charge >= 0.3 is 11.7 Å². The van der Waals surface area contributed by atoms with Gasteiger partial charge in [0.05, 0.1) is 12.8 Å². The standard InChI is InChI=1S/C25H29ClN6O4S/c1-5-16-11-17(7-6-14(16)2)27-20-12-21(33)31(25(35)29-20)8-9-37-13-18-22(24(34)36-4)32-23(28-18)15(3)10-19(26)30-32/h6-7,11-12,15,27H,5,8-10,13H2,1-4H3,(H,29,35). The van der Waals surface area contributed by atoms with Gasteiger partial charge in [-0.05, 0) is 36.6 Å². The van der Waals surface area contributed by atoms with Gasteiger partial charge in [-0.1, -0.05) is 31.5 Å². The van der Waals surface area contributed by atoms with Gasteiger partial charge in [0.25, 0.3) is 5.56 Å². The summed E-state index contributed by atoms with van der Waals surface area (Å²) in [6.07, 6.45) is 1.44. The summed E-state index contributed by atoms with van der Waals surface area (Å²) in [6, 6.07) is 7.29. The first-order chi connectivity index (χ1) is 17.7. The summed E-state index contributed by atoms with van der Waals surface area (Å²) in [5.41, 5.74) is 3.05. The van der Waals surface area contributed by atoms with Crippen molar-refractivity contribution in [3.63, 3.8) is 0 Å². The van der Waals surface area contributed by atoms with E-state index in [0.29, 0.717) is 40.4 Å². The van der Waals surface area contributed by atoms with Crippen molar-refractivity contribution in [2.24, 2.45) is 5.10 Å². The molecule has 0 fully saturated rings. The summed E-state index contributed by atoms with van der Waals surface area (Å²) in [7, 11) is 1.30. The lowest BCUT2D eigenvalue weighted by Crippen LogP contribution is -2.35. The number of rotatable bonds is 9. The molecule has 0 spiro atoms. The summed E-state index contributed by atoms with van der Waals surface area (Å²) in [4.78, 5) is 45.1. The Labute approximate surface area is 223 Å². The van der Waals surface area contributed by atoms with Crippen molar-refractivity contribution in [3.8, 4) is 0 Å². The summed E-state index contributed by atoms with van der Waals surface area (Å²) >= 11 is 7.59. The Balaban J connectivity index is 1.44. The fraction of sp³-hybridized carbons (Fsp3) is 0.400. The Morgan fingerprint density at radius 3 is 2.81 bits per heavy atom. The number of nitrogens with zero attached hydrogens (tertiary/aromatic N) is 4. The average molecular weight is 545 g/mol. The molecule has 3 aromatic rings. The van der Waals surface area contributed by atoms with Crippen molar-refractivity contribution in [1.82, 2.24) is 19.2 Å². The third-order valence-corrected chi connectivity index (χ3v) is 7.36. The number of carbonyl (C=O) groups excluding carboxylic acids is 1. The van der Waals surface area contributed by atoms with E-state index in [1.165, 1.54) is 40.7 Å². The first-order valence-electron chi connectivity index (χ1n) is 11.9. The molecule has 4 rings (SSSR count). The number of anilines is 2. The second kappa shape index (κ2) is 11.4. The maximum absolute atomic E-state index is 12.7. The van der Waals surface area contributed by atoms with E-state index in [1.54, 1.807) is 0 Å². The van der Waals surface area contributed by atoms with Gasteiger partial charge in [0.1, 0.15) is 16.8 Å². The molecule has 3 heterocycles. The molecule has 10 nitrogen and oxygen atoms in total. The third kappa shape index (κ3) is 5.83. The predicted molar refractivity (Wildman–Crippen MR) is 147 cm³/mol. The van der Waals surface area contributed by atoms with Gasteiger partial charge in [-0.2, -0.15) is 16.9 Å². The number of ether oxygens (including phenoxy) is 1. The molecule has 1 atom stereocenters. The van der Waals surface area contributed by atoms with E-state index in [-0.39, 0.29) is 18.2 Å². The SMILES string of the molecule is CCc1cc(Nc2cc(=O)n(CCSCc3nc4n(c3C(=O)OC)N=C(Cl)CC4C)c(=O)[nH]2)ccc1C. The highest BCUT2D eigenvalue weighted by atomic mass is 35.5. The molecule has 0 saturated carbocycles. The van der Waals surface area contributed by atoms with Gasteiger partial charge in [0.2, 0.25) is 0 Å². The molecule has 0 amide bonds. The highest BCUT2D eigenvalue weighted by molar-refractivity contribution is 7.98. The number of halogens is 1. The molecule has 196 valence electrons. The minimum absolute atomic E-state index is 0.00452. The molecule has 12 heteroatoms. The number of fused-ring (bicyclic) bond motifs is 1. The number of H-pyrrole nitrogens is 1. The van der Waals surface area contributed by atoms with Crippen LogP contribution >= 0.6 is 23.4 Å². The van der Waals surface area contributed by atoms with E-state index in [4.69, 9.17) is 16.3 Å². The quantitative estimate of drug-likeness (QED) is 0.308. The van der Waals surface area contributed by atoms with Crippen LogP contribution in [0.4, 0.5) is 11.5 Å². The first-order valence-corrected chi connectivity index (χ1v) is 13.5. The Hall–Kier alpha value is -3.31. The zero-order valence-electron chi connectivity index (χ0n) is 21.1. The molecule has 1 aliphatic heterocycles. The molecule has 37 heavy (non-hydrogen) atoms. The first kappa shape index (κ1) is 26.7. The van der Waals surface area contributed by atoms with E-state index in [9.17, 15) is 14.4 Å². The Morgan fingerprint density at radius 1 is 1.32 bits per heavy atom. The fourth-order valence-corrected chi connectivity index (χ4v) is 5.36. The zero-order chi connectivity index (χ0) is 26.7. The van der Waals surface area contributed by atoms with E-state index in [0.717, 1.165) is 16.7 Å². The van der Waals surface area contributed by atoms with Crippen LogP contribution in [0.25, 0.3) is 0 Å². The molecule has 0 radical (unpaired) electrons. The molecular formula is C25H29ClN6O4S. The molecule has 0 aliphatic carbocycles.